The molecule has 0 bridgehead atoms. The Morgan fingerprint density at radius 1 is 0.962 bits per heavy atom. The summed E-state index contributed by atoms with van der Waals surface area (Å²) in [5, 5.41) is 72.5. The largest absolute Gasteiger partial charge is 0.600 e. The van der Waals surface area contributed by atoms with Gasteiger partial charge in [-0.05, 0) is 5.11 Å². The zero-order valence-corrected chi connectivity index (χ0v) is 13.9. The third-order valence-corrected chi connectivity index (χ3v) is 4.04. The van der Waals surface area contributed by atoms with Crippen LogP contribution in [0.4, 0.5) is 0 Å². The number of nitrogens with zero attached hydrogens (tertiary/aromatic N) is 2. The molecule has 2 rings (SSSR count). The fourth-order valence-corrected chi connectivity index (χ4v) is 2.50. The predicted molar refractivity (Wildman–Crippen MR) is 78.3 cm³/mol. The quantitative estimate of drug-likeness (QED) is 0.148. The van der Waals surface area contributed by atoms with Crippen molar-refractivity contribution in [3.8, 4) is 0 Å². The van der Waals surface area contributed by atoms with E-state index in [2.05, 4.69) is 5.11 Å². The normalized spacial score (nSPS) is 44.9. The highest BCUT2D eigenvalue weighted by molar-refractivity contribution is 4.90. The van der Waals surface area contributed by atoms with Crippen LogP contribution in [0.15, 0.2) is 5.11 Å². The maximum Gasteiger partial charge on any atom is 0.203 e. The van der Waals surface area contributed by atoms with Crippen molar-refractivity contribution in [2.24, 2.45) is 5.11 Å². The van der Waals surface area contributed by atoms with Crippen LogP contribution >= 0.6 is 0 Å². The van der Waals surface area contributed by atoms with Crippen LogP contribution in [0, 0.1) is 5.21 Å². The van der Waals surface area contributed by atoms with Gasteiger partial charge >= 0.3 is 0 Å². The molecule has 0 aromatic heterocycles. The minimum atomic E-state index is -1.63. The number of azo groups is 1. The summed E-state index contributed by atoms with van der Waals surface area (Å²) in [4.78, 5) is 0.239. The van der Waals surface area contributed by atoms with Crippen LogP contribution in [0.3, 0.4) is 0 Å². The Kier molecular flexibility index (Phi) is 7.60. The molecule has 2 heterocycles. The molecule has 0 aliphatic carbocycles. The predicted octanol–water partition coefficient (Wildman–Crippen LogP) is -4.18. The van der Waals surface area contributed by atoms with E-state index in [0.29, 0.717) is 0 Å². The van der Waals surface area contributed by atoms with Crippen LogP contribution in [0.5, 0.6) is 0 Å². The van der Waals surface area contributed by atoms with Gasteiger partial charge in [-0.15, -0.1) is 0 Å². The van der Waals surface area contributed by atoms with E-state index in [9.17, 15) is 35.8 Å². The van der Waals surface area contributed by atoms with Crippen LogP contribution < -0.4 is 0 Å². The molecule has 2 aliphatic rings. The first kappa shape index (κ1) is 21.3. The molecule has 2 aliphatic heterocycles. The Labute approximate surface area is 148 Å². The van der Waals surface area contributed by atoms with Gasteiger partial charge in [0.2, 0.25) is 6.73 Å². The Hall–Kier alpha value is -1.00. The minimum absolute atomic E-state index is 0.239. The van der Waals surface area contributed by atoms with Gasteiger partial charge in [-0.2, -0.15) is 0 Å². The molecule has 0 saturated carbocycles. The van der Waals surface area contributed by atoms with Gasteiger partial charge in [-0.1, -0.05) is 4.86 Å². The molecule has 0 aromatic carbocycles. The van der Waals surface area contributed by atoms with Gasteiger partial charge in [0.25, 0.3) is 0 Å². The van der Waals surface area contributed by atoms with Crippen molar-refractivity contribution in [2.75, 3.05) is 27.0 Å². The molecule has 0 radical (unpaired) electrons. The van der Waals surface area contributed by atoms with Crippen LogP contribution in [0.1, 0.15) is 0 Å². The molecule has 2 saturated heterocycles. The highest BCUT2D eigenvalue weighted by atomic mass is 16.7. The summed E-state index contributed by atoms with van der Waals surface area (Å²) in [6.07, 6.45) is -12.9. The molecule has 2 fully saturated rings. The monoisotopic (exact) mass is 384 g/mol. The lowest BCUT2D eigenvalue weighted by Crippen LogP contribution is -2.60. The first-order chi connectivity index (χ1) is 12.2. The molecule has 6 N–H and O–H groups in total. The van der Waals surface area contributed by atoms with Crippen LogP contribution in [-0.2, 0) is 18.9 Å². The van der Waals surface area contributed by atoms with Gasteiger partial charge in [0.1, 0.15) is 42.7 Å². The number of ether oxygens (including phenoxy) is 4. The van der Waals surface area contributed by atoms with Crippen molar-refractivity contribution >= 4 is 0 Å². The van der Waals surface area contributed by atoms with E-state index >= 15 is 0 Å². The number of aliphatic hydroxyl groups excluding tert-OH is 6. The van der Waals surface area contributed by atoms with Crippen molar-refractivity contribution < 1.29 is 54.4 Å². The van der Waals surface area contributed by atoms with E-state index in [1.807, 2.05) is 0 Å². The number of hydrogen-bond acceptors (Lipinski definition) is 12. The highest BCUT2D eigenvalue weighted by Gasteiger charge is 2.45. The average Bonchev–Trinajstić information content (AvgIpc) is 2.60. The molecule has 13 heteroatoms. The lowest BCUT2D eigenvalue weighted by molar-refractivity contribution is -0.505. The summed E-state index contributed by atoms with van der Waals surface area (Å²) in [7, 11) is 1.12. The molecule has 0 spiro atoms. The first-order valence-electron chi connectivity index (χ1n) is 7.89. The van der Waals surface area contributed by atoms with E-state index in [-0.39, 0.29) is 11.5 Å². The van der Waals surface area contributed by atoms with Gasteiger partial charge < -0.3 is 54.8 Å². The Balaban J connectivity index is 1.91. The summed E-state index contributed by atoms with van der Waals surface area (Å²) < 4.78 is 20.6. The maximum absolute atomic E-state index is 10.7. The van der Waals surface area contributed by atoms with Crippen molar-refractivity contribution in [2.45, 2.75) is 55.3 Å². The maximum atomic E-state index is 10.7. The van der Waals surface area contributed by atoms with Gasteiger partial charge in [-0.3, -0.25) is 0 Å². The second kappa shape index (κ2) is 9.27. The molecular formula is C13H24N2O11. The molecule has 9 atom stereocenters. The SMILES string of the molecule is C/[N+]([O-])=N\CO[C@@H]1O[C@H](CO[C@@H]2OC[C@@H](O)[C@H](O)[C@H]2O)[C@@H](O)[C@H](O)[C@H]1O. The summed E-state index contributed by atoms with van der Waals surface area (Å²) in [6, 6.07) is 0. The van der Waals surface area contributed by atoms with Crippen molar-refractivity contribution in [1.29, 1.82) is 0 Å². The topological polar surface area (TPSA) is 197 Å². The van der Waals surface area contributed by atoms with Crippen LogP contribution in [0.2, 0.25) is 0 Å². The van der Waals surface area contributed by atoms with E-state index in [1.54, 1.807) is 0 Å². The van der Waals surface area contributed by atoms with Crippen LogP contribution in [0.25, 0.3) is 0 Å². The van der Waals surface area contributed by atoms with E-state index < -0.39 is 68.6 Å². The van der Waals surface area contributed by atoms with Gasteiger partial charge in [0.15, 0.2) is 19.6 Å². The number of hydroxylamine groups is 1. The van der Waals surface area contributed by atoms with Crippen molar-refractivity contribution in [1.82, 2.24) is 0 Å². The lowest BCUT2D eigenvalue weighted by atomic mass is 9.99. The molecule has 152 valence electrons. The molecular weight excluding hydrogens is 360 g/mol. The van der Waals surface area contributed by atoms with Crippen LogP contribution in [-0.4, -0.2) is 118 Å². The fourth-order valence-electron chi connectivity index (χ4n) is 2.50. The standard InChI is InChI=1S/C13H24N2O11/c1-15(22)14-4-25-13-11(21)9(19)8(18)6(26-13)3-24-12-10(20)7(17)5(16)2-23-12/h5-13,16-21H,2-4H2,1H3/b15-14+/t5-,6-,7+,8-,9+,10-,11-,12+,13-/m1/s1. The van der Waals surface area contributed by atoms with E-state index in [4.69, 9.17) is 18.9 Å². The molecule has 13 nitrogen and oxygen atoms in total. The number of rotatable bonds is 6. The van der Waals surface area contributed by atoms with Gasteiger partial charge in [0.05, 0.1) is 13.2 Å². The average molecular weight is 384 g/mol. The summed E-state index contributed by atoms with van der Waals surface area (Å²) in [5.74, 6) is 0. The lowest BCUT2D eigenvalue weighted by Gasteiger charge is -2.41. The Morgan fingerprint density at radius 3 is 2.27 bits per heavy atom. The Morgan fingerprint density at radius 2 is 1.62 bits per heavy atom. The van der Waals surface area contributed by atoms with Crippen molar-refractivity contribution in [3.05, 3.63) is 5.21 Å². The zero-order valence-electron chi connectivity index (χ0n) is 13.9. The fraction of sp³-hybridized carbons (Fsp3) is 1.00. The van der Waals surface area contributed by atoms with Gasteiger partial charge in [-0.25, -0.2) is 0 Å². The number of aliphatic hydroxyl groups is 6. The number of hydrogen-bond donors (Lipinski definition) is 6. The molecule has 0 aromatic rings. The summed E-state index contributed by atoms with van der Waals surface area (Å²) in [6.45, 7) is -1.12. The summed E-state index contributed by atoms with van der Waals surface area (Å²) in [5.41, 5.74) is 0. The van der Waals surface area contributed by atoms with Gasteiger partial charge in [0, 0.05) is 0 Å². The Bertz CT molecular complexity index is 477. The zero-order chi connectivity index (χ0) is 19.4. The first-order valence-corrected chi connectivity index (χ1v) is 7.89. The second-order valence-corrected chi connectivity index (χ2v) is 6.00. The molecule has 0 unspecified atom stereocenters. The molecule has 0 amide bonds. The summed E-state index contributed by atoms with van der Waals surface area (Å²) >= 11 is 0. The second-order valence-electron chi connectivity index (χ2n) is 6.00. The van der Waals surface area contributed by atoms with E-state index in [1.165, 1.54) is 0 Å². The van der Waals surface area contributed by atoms with Crippen molar-refractivity contribution in [3.63, 3.8) is 0 Å². The third-order valence-electron chi connectivity index (χ3n) is 4.04. The van der Waals surface area contributed by atoms with E-state index in [0.717, 1.165) is 7.05 Å². The smallest absolute Gasteiger partial charge is 0.203 e. The highest BCUT2D eigenvalue weighted by Crippen LogP contribution is 2.24. The minimum Gasteiger partial charge on any atom is -0.600 e. The molecule has 26 heavy (non-hydrogen) atoms. The third kappa shape index (κ3) is 5.04.